The third-order valence-corrected chi connectivity index (χ3v) is 17.2. The van der Waals surface area contributed by atoms with Crippen LogP contribution in [-0.4, -0.2) is 190 Å². The standard InChI is InChI=1S/C72H94ClN17O15/c1-40(2)32-54(63(97)84-53(16-10-29-78-71(75)76)70(104)90-31-11-17-60(90)69(103)80-41(3)61(74)95)85-62(96)52(15-9-30-79-72(105)82-43(5)93)83-65(99)56(35-45-21-26-51(94)27-22-45)88-68(102)59(39-91)89-67(101)58(37-47-12-8-28-77-38-47)87-66(100)57(34-44-19-24-50(73)25-20-44)86-64(98)55(81-42(4)92)36-46-18-23-48-13-6-7-14-49(48)33-46/h6-8,12-14,18-28,33,38,40-41,52-60,91,94H,9-11,15-17,29-32,34-37,39H2,1-5H3,(H2,74,95)(H,80,103)(H,81,92)(H,83,99)(H,84,97)(H,85,96)(H,86,98)(H,87,100)(H,88,102)(H,89,101)(H4,75,76,78)(H2,79,82,93,105)/t41-,52-,53+,54+,55-,56+,57-,58-,59+,60+/m1/s1. The number of carbonyl (C=O) groups excluding carboxylic acids is 13. The highest BCUT2D eigenvalue weighted by atomic mass is 35.5. The predicted octanol–water partition coefficient (Wildman–Crippen LogP) is -0.329. The van der Waals surface area contributed by atoms with Crippen molar-refractivity contribution in [2.24, 2.45) is 17.4 Å². The number of halogens is 1. The molecule has 32 nitrogen and oxygen atoms in total. The van der Waals surface area contributed by atoms with Crippen molar-refractivity contribution in [1.82, 2.24) is 73.7 Å². The summed E-state index contributed by atoms with van der Waals surface area (Å²) in [6.07, 6.45) is 2.44. The summed E-state index contributed by atoms with van der Waals surface area (Å²) in [4.78, 5) is 185. The maximum absolute atomic E-state index is 15.0. The predicted molar refractivity (Wildman–Crippen MR) is 387 cm³/mol. The molecule has 0 aliphatic carbocycles. The number of phenolic OH excluding ortho intramolecular Hbond substituents is 1. The number of aromatic nitrogens is 1. The van der Waals surface area contributed by atoms with Crippen LogP contribution >= 0.6 is 11.6 Å². The van der Waals surface area contributed by atoms with Crippen LogP contribution in [0.5, 0.6) is 5.75 Å². The molecule has 0 saturated carbocycles. The molecule has 2 heterocycles. The van der Waals surface area contributed by atoms with Crippen molar-refractivity contribution in [1.29, 1.82) is 5.41 Å². The summed E-state index contributed by atoms with van der Waals surface area (Å²) in [5.41, 5.74) is 12.9. The Bertz CT molecular complexity index is 3890. The second kappa shape index (κ2) is 41.1. The number of nitrogens with zero attached hydrogens (tertiary/aromatic N) is 2. The topological polar surface area (TPSA) is 499 Å². The van der Waals surface area contributed by atoms with E-state index in [4.69, 9.17) is 28.5 Å². The average molecular weight is 1470 g/mol. The molecule has 10 atom stereocenters. The number of hydrogen-bond acceptors (Lipinski definition) is 17. The van der Waals surface area contributed by atoms with Crippen LogP contribution in [0, 0.1) is 11.3 Å². The molecule has 0 unspecified atom stereocenters. The molecule has 0 radical (unpaired) electrons. The molecule has 1 aliphatic heterocycles. The lowest BCUT2D eigenvalue weighted by Gasteiger charge is -2.31. The molecule has 105 heavy (non-hydrogen) atoms. The number of aliphatic hydroxyl groups is 1. The Labute approximate surface area is 612 Å². The van der Waals surface area contributed by atoms with E-state index in [0.717, 1.165) is 17.7 Å². The van der Waals surface area contributed by atoms with Crippen molar-refractivity contribution < 1.29 is 72.5 Å². The number of nitrogens with one attached hydrogen (secondary N) is 13. The normalized spacial score (nSPS) is 15.0. The fourth-order valence-electron chi connectivity index (χ4n) is 11.6. The quantitative estimate of drug-likeness (QED) is 0.0137. The second-order valence-corrected chi connectivity index (χ2v) is 26.5. The Hall–Kier alpha value is -11.3. The first-order valence-corrected chi connectivity index (χ1v) is 34.8. The number of primary amides is 1. The van der Waals surface area contributed by atoms with Crippen LogP contribution in [0.25, 0.3) is 10.8 Å². The Morgan fingerprint density at radius 3 is 1.59 bits per heavy atom. The van der Waals surface area contributed by atoms with Gasteiger partial charge in [-0.25, -0.2) is 4.79 Å². The Morgan fingerprint density at radius 1 is 0.552 bits per heavy atom. The zero-order chi connectivity index (χ0) is 76.9. The molecule has 0 bridgehead atoms. The highest BCUT2D eigenvalue weighted by Crippen LogP contribution is 2.22. The minimum Gasteiger partial charge on any atom is -0.508 e. The van der Waals surface area contributed by atoms with Gasteiger partial charge in [0.05, 0.1) is 6.61 Å². The van der Waals surface area contributed by atoms with Gasteiger partial charge in [0.2, 0.25) is 70.9 Å². The summed E-state index contributed by atoms with van der Waals surface area (Å²) in [5.74, 6) is -10.9. The number of likely N-dealkylation sites (tertiary alicyclic amines) is 1. The van der Waals surface area contributed by atoms with Gasteiger partial charge in [-0.2, -0.15) is 0 Å². The summed E-state index contributed by atoms with van der Waals surface area (Å²) >= 11 is 6.23. The SMILES string of the molecule is CC(=O)NC(=O)NCCC[C@@H](NC(=O)[C@H](Cc1ccc(O)cc1)NC(=O)[C@H](CO)NC(=O)[C@@H](Cc1cccnc1)NC(=O)[C@@H](Cc1ccc(Cl)cc1)NC(=O)[C@@H](Cc1ccc2ccccc2c1)NC(C)=O)C(=O)N[C@@H](CC(C)C)C(=O)N[C@@H](CCCNC(=N)N)C(=O)N1CCC[C@H]1C(=O)N[C@H](C)C(N)=O. The van der Waals surface area contributed by atoms with Crippen LogP contribution in [0.4, 0.5) is 4.79 Å². The van der Waals surface area contributed by atoms with Crippen LogP contribution in [0.3, 0.4) is 0 Å². The van der Waals surface area contributed by atoms with Crippen molar-refractivity contribution >= 4 is 105 Å². The van der Waals surface area contributed by atoms with Gasteiger partial charge in [0.1, 0.15) is 66.2 Å². The van der Waals surface area contributed by atoms with Gasteiger partial charge in [-0.1, -0.05) is 98.2 Å². The number of urea groups is 1. The molecule has 19 N–H and O–H groups in total. The molecule has 564 valence electrons. The number of fused-ring (bicyclic) bond motifs is 1. The molecule has 5 aromatic rings. The number of aliphatic hydroxyl groups excluding tert-OH is 1. The summed E-state index contributed by atoms with van der Waals surface area (Å²) in [6.45, 7) is 6.16. The van der Waals surface area contributed by atoms with E-state index in [2.05, 4.69) is 68.8 Å². The minimum atomic E-state index is -1.87. The molecule has 0 spiro atoms. The molecule has 1 saturated heterocycles. The average Bonchev–Trinajstić information content (AvgIpc) is 1.79. The van der Waals surface area contributed by atoms with Crippen LogP contribution in [0.1, 0.15) is 102 Å². The number of rotatable bonds is 38. The maximum Gasteiger partial charge on any atom is 0.321 e. The van der Waals surface area contributed by atoms with E-state index in [0.29, 0.717) is 33.7 Å². The van der Waals surface area contributed by atoms with Gasteiger partial charge in [-0.15, -0.1) is 0 Å². The zero-order valence-corrected chi connectivity index (χ0v) is 59.8. The molecule has 1 aromatic heterocycles. The Kier molecular flexibility index (Phi) is 32.4. The van der Waals surface area contributed by atoms with Gasteiger partial charge in [-0.3, -0.25) is 73.2 Å². The summed E-state index contributed by atoms with van der Waals surface area (Å²) in [5, 5.41) is 61.9. The van der Waals surface area contributed by atoms with Crippen LogP contribution < -0.4 is 75.3 Å². The fourth-order valence-corrected chi connectivity index (χ4v) is 11.7. The van der Waals surface area contributed by atoms with Gasteiger partial charge >= 0.3 is 6.03 Å². The largest absolute Gasteiger partial charge is 0.508 e. The number of aromatic hydroxyl groups is 1. The van der Waals surface area contributed by atoms with E-state index in [1.54, 1.807) is 50.2 Å². The van der Waals surface area contributed by atoms with Crippen LogP contribution in [-0.2, 0) is 83.2 Å². The molecule has 6 rings (SSSR count). The minimum absolute atomic E-state index is 0.0177. The van der Waals surface area contributed by atoms with Gasteiger partial charge in [0.15, 0.2) is 5.96 Å². The summed E-state index contributed by atoms with van der Waals surface area (Å²) in [7, 11) is 0. The Balaban J connectivity index is 1.27. The smallest absolute Gasteiger partial charge is 0.321 e. The van der Waals surface area contributed by atoms with E-state index in [1.807, 2.05) is 42.5 Å². The van der Waals surface area contributed by atoms with Crippen molar-refractivity contribution in [3.8, 4) is 5.75 Å². The van der Waals surface area contributed by atoms with E-state index in [1.165, 1.54) is 55.4 Å². The number of imide groups is 1. The third kappa shape index (κ3) is 27.5. The Morgan fingerprint density at radius 2 is 1.04 bits per heavy atom. The zero-order valence-electron chi connectivity index (χ0n) is 59.1. The number of phenols is 1. The number of nitrogens with two attached hydrogens (primary N) is 2. The van der Waals surface area contributed by atoms with Gasteiger partial charge in [0.25, 0.3) is 0 Å². The molecule has 4 aromatic carbocycles. The van der Waals surface area contributed by atoms with Crippen LogP contribution in [0.15, 0.2) is 116 Å². The van der Waals surface area contributed by atoms with Crippen molar-refractivity contribution in [2.45, 2.75) is 166 Å². The van der Waals surface area contributed by atoms with E-state index < -0.39 is 144 Å². The molecular formula is C72H94ClN17O15. The summed E-state index contributed by atoms with van der Waals surface area (Å²) in [6, 6.07) is 13.1. The number of pyridine rings is 1. The third-order valence-electron chi connectivity index (χ3n) is 17.0. The second-order valence-electron chi connectivity index (χ2n) is 26.0. The lowest BCUT2D eigenvalue weighted by Crippen LogP contribution is -2.61. The molecule has 1 aliphatic rings. The highest BCUT2D eigenvalue weighted by molar-refractivity contribution is 6.30. The molecule has 14 amide bonds. The van der Waals surface area contributed by atoms with Gasteiger partial charge in [0, 0.05) is 76.6 Å². The number of guanidine groups is 1. The van der Waals surface area contributed by atoms with Crippen LogP contribution in [0.2, 0.25) is 5.02 Å². The number of benzene rings is 4. The first-order valence-electron chi connectivity index (χ1n) is 34.4. The van der Waals surface area contributed by atoms with Crippen molar-refractivity contribution in [2.75, 3.05) is 26.2 Å². The highest BCUT2D eigenvalue weighted by Gasteiger charge is 2.40. The van der Waals surface area contributed by atoms with Crippen molar-refractivity contribution in [3.05, 3.63) is 143 Å². The first-order chi connectivity index (χ1) is 50.0. The molecule has 1 fully saturated rings. The van der Waals surface area contributed by atoms with Gasteiger partial charge in [-0.05, 0) is 121 Å². The van der Waals surface area contributed by atoms with E-state index in [9.17, 15) is 72.5 Å². The number of carbonyl (C=O) groups is 13. The number of amides is 14. The summed E-state index contributed by atoms with van der Waals surface area (Å²) < 4.78 is 0. The fraction of sp³-hybridized carbons (Fsp3) is 0.431. The maximum atomic E-state index is 15.0. The molecule has 33 heteroatoms. The molecular weight excluding hydrogens is 1380 g/mol. The van der Waals surface area contributed by atoms with Crippen molar-refractivity contribution in [3.63, 3.8) is 0 Å². The first kappa shape index (κ1) is 82.7. The monoisotopic (exact) mass is 1470 g/mol. The lowest BCUT2D eigenvalue weighted by atomic mass is 9.99. The van der Waals surface area contributed by atoms with E-state index in [-0.39, 0.29) is 101 Å². The van der Waals surface area contributed by atoms with Gasteiger partial charge < -0.3 is 85.1 Å². The van der Waals surface area contributed by atoms with E-state index >= 15 is 0 Å². The number of hydrogen-bond donors (Lipinski definition) is 17. The lowest BCUT2D eigenvalue weighted by molar-refractivity contribution is -0.142.